The van der Waals surface area contributed by atoms with Crippen molar-refractivity contribution in [2.75, 3.05) is 6.54 Å². The number of amidine groups is 1. The van der Waals surface area contributed by atoms with Gasteiger partial charge in [0.05, 0.1) is 11.5 Å². The molecule has 0 aromatic heterocycles. The minimum Gasteiger partial charge on any atom is -0.348 e. The van der Waals surface area contributed by atoms with E-state index in [0.717, 1.165) is 0 Å². The molecular weight excluding hydrogens is 206 g/mol. The highest BCUT2D eigenvalue weighted by molar-refractivity contribution is 6.22. The van der Waals surface area contributed by atoms with Crippen molar-refractivity contribution in [2.24, 2.45) is 4.99 Å². The molecule has 1 heterocycles. The Morgan fingerprint density at radius 1 is 1.93 bits per heavy atom. The van der Waals surface area contributed by atoms with E-state index < -0.39 is 4.92 Å². The van der Waals surface area contributed by atoms with Gasteiger partial charge in [-0.25, -0.2) is 0 Å². The van der Waals surface area contributed by atoms with Crippen LogP contribution in [0, 0.1) is 10.1 Å². The number of nitro groups is 1. The number of nitrogens with one attached hydrogen (secondary N) is 1. The van der Waals surface area contributed by atoms with Crippen molar-refractivity contribution in [3.05, 3.63) is 34.5 Å². The Balaban J connectivity index is 2.88. The van der Waals surface area contributed by atoms with Gasteiger partial charge in [0.25, 0.3) is 0 Å². The zero-order valence-electron chi connectivity index (χ0n) is 7.44. The summed E-state index contributed by atoms with van der Waals surface area (Å²) >= 11 is 5.78. The van der Waals surface area contributed by atoms with Gasteiger partial charge in [-0.05, 0) is 0 Å². The minimum absolute atomic E-state index is 0.0243. The summed E-state index contributed by atoms with van der Waals surface area (Å²) in [7, 11) is 0. The highest BCUT2D eigenvalue weighted by Crippen LogP contribution is 2.12. The molecule has 1 aliphatic rings. The van der Waals surface area contributed by atoms with Crippen LogP contribution in [0.5, 0.6) is 0 Å². The van der Waals surface area contributed by atoms with Gasteiger partial charge in [-0.15, -0.1) is 6.58 Å². The zero-order valence-corrected chi connectivity index (χ0v) is 8.20. The molecule has 6 heteroatoms. The fourth-order valence-electron chi connectivity index (χ4n) is 1.04. The number of hydrogen-bond acceptors (Lipinski definition) is 3. The van der Waals surface area contributed by atoms with Crippen LogP contribution < -0.4 is 5.32 Å². The van der Waals surface area contributed by atoms with E-state index in [1.54, 1.807) is 6.08 Å². The summed E-state index contributed by atoms with van der Waals surface area (Å²) in [5.41, 5.74) is -0.356. The van der Waals surface area contributed by atoms with E-state index in [1.165, 1.54) is 6.08 Å². The standard InChI is InChI=1S/C8H10ClN3O2/c1-2-5-10-8-6(12(13)14)3-4-7(9)11-8/h2-3,7H,1,4-5H2,(H,10,11). The van der Waals surface area contributed by atoms with Crippen molar-refractivity contribution < 1.29 is 4.92 Å². The van der Waals surface area contributed by atoms with Crippen LogP contribution in [0.2, 0.25) is 0 Å². The number of hydrogen-bond donors (Lipinski definition) is 1. The molecule has 1 aliphatic heterocycles. The van der Waals surface area contributed by atoms with Crippen LogP contribution in [0.4, 0.5) is 0 Å². The predicted molar refractivity (Wildman–Crippen MR) is 55.0 cm³/mol. The third-order valence-corrected chi connectivity index (χ3v) is 1.92. The van der Waals surface area contributed by atoms with Crippen LogP contribution in [-0.2, 0) is 0 Å². The van der Waals surface area contributed by atoms with Crippen molar-refractivity contribution >= 4 is 17.4 Å². The van der Waals surface area contributed by atoms with Crippen LogP contribution in [0.1, 0.15) is 6.42 Å². The van der Waals surface area contributed by atoms with Crippen LogP contribution in [0.3, 0.4) is 0 Å². The van der Waals surface area contributed by atoms with Gasteiger partial charge in [0.1, 0.15) is 5.50 Å². The number of nitrogens with zero attached hydrogens (tertiary/aromatic N) is 2. The van der Waals surface area contributed by atoms with Crippen molar-refractivity contribution in [1.82, 2.24) is 5.32 Å². The highest BCUT2D eigenvalue weighted by Gasteiger charge is 2.25. The van der Waals surface area contributed by atoms with Crippen LogP contribution in [-0.4, -0.2) is 22.8 Å². The molecule has 0 aromatic carbocycles. The summed E-state index contributed by atoms with van der Waals surface area (Å²) in [5.74, 6) is 0.223. The number of alkyl halides is 1. The average molecular weight is 216 g/mol. The SMILES string of the molecule is C=CCN=C1NC(Cl)CC=C1[N+](=O)[O-]. The van der Waals surface area contributed by atoms with E-state index in [1.807, 2.05) is 0 Å². The molecule has 0 bridgehead atoms. The Labute approximate surface area is 86.3 Å². The summed E-state index contributed by atoms with van der Waals surface area (Å²) in [6, 6.07) is 0. The Hall–Kier alpha value is -1.36. The Kier molecular flexibility index (Phi) is 3.64. The summed E-state index contributed by atoms with van der Waals surface area (Å²) < 4.78 is 0. The maximum absolute atomic E-state index is 10.6. The molecule has 1 unspecified atom stereocenters. The third kappa shape index (κ3) is 2.56. The van der Waals surface area contributed by atoms with Gasteiger partial charge in [-0.3, -0.25) is 15.1 Å². The van der Waals surface area contributed by atoms with Gasteiger partial charge in [0.15, 0.2) is 0 Å². The maximum atomic E-state index is 10.6. The lowest BCUT2D eigenvalue weighted by molar-refractivity contribution is -0.416. The molecule has 1 N–H and O–H groups in total. The van der Waals surface area contributed by atoms with E-state index in [2.05, 4.69) is 16.9 Å². The maximum Gasteiger partial charge on any atom is 0.307 e. The second kappa shape index (κ2) is 4.76. The lowest BCUT2D eigenvalue weighted by Gasteiger charge is -2.16. The zero-order chi connectivity index (χ0) is 10.6. The van der Waals surface area contributed by atoms with Crippen molar-refractivity contribution in [2.45, 2.75) is 11.9 Å². The molecule has 5 nitrogen and oxygen atoms in total. The second-order valence-electron chi connectivity index (χ2n) is 2.67. The van der Waals surface area contributed by atoms with Crippen LogP contribution >= 0.6 is 11.6 Å². The molecule has 76 valence electrons. The average Bonchev–Trinajstić information content (AvgIpc) is 2.14. The molecule has 1 rings (SSSR count). The smallest absolute Gasteiger partial charge is 0.307 e. The number of aliphatic imine (C=N–C) groups is 1. The lowest BCUT2D eigenvalue weighted by atomic mass is 10.2. The summed E-state index contributed by atoms with van der Waals surface area (Å²) in [5, 5.41) is 13.3. The monoisotopic (exact) mass is 215 g/mol. The van der Waals surface area contributed by atoms with Crippen molar-refractivity contribution in [1.29, 1.82) is 0 Å². The first-order valence-electron chi connectivity index (χ1n) is 4.06. The quantitative estimate of drug-likeness (QED) is 0.254. The third-order valence-electron chi connectivity index (χ3n) is 1.63. The molecule has 0 amide bonds. The molecule has 14 heavy (non-hydrogen) atoms. The van der Waals surface area contributed by atoms with Gasteiger partial charge >= 0.3 is 5.70 Å². The van der Waals surface area contributed by atoms with E-state index in [4.69, 9.17) is 11.6 Å². The Morgan fingerprint density at radius 3 is 3.21 bits per heavy atom. The summed E-state index contributed by atoms with van der Waals surface area (Å²) in [6.45, 7) is 3.81. The van der Waals surface area contributed by atoms with E-state index in [0.29, 0.717) is 13.0 Å². The summed E-state index contributed by atoms with van der Waals surface area (Å²) in [6.07, 6.45) is 3.45. The first-order valence-corrected chi connectivity index (χ1v) is 4.49. The van der Waals surface area contributed by atoms with Gasteiger partial charge in [0, 0.05) is 12.5 Å². The normalized spacial score (nSPS) is 23.9. The largest absolute Gasteiger partial charge is 0.348 e. The Morgan fingerprint density at radius 2 is 2.64 bits per heavy atom. The van der Waals surface area contributed by atoms with Gasteiger partial charge in [-0.2, -0.15) is 0 Å². The molecule has 0 saturated heterocycles. The number of rotatable bonds is 3. The van der Waals surface area contributed by atoms with Gasteiger partial charge < -0.3 is 5.32 Å². The fraction of sp³-hybridized carbons (Fsp3) is 0.375. The van der Waals surface area contributed by atoms with E-state index in [-0.39, 0.29) is 17.0 Å². The first kappa shape index (κ1) is 10.7. The van der Waals surface area contributed by atoms with Gasteiger partial charge in [0.2, 0.25) is 5.84 Å². The topological polar surface area (TPSA) is 67.5 Å². The molecular formula is C8H10ClN3O2. The Bertz CT molecular complexity index is 312. The van der Waals surface area contributed by atoms with Gasteiger partial charge in [-0.1, -0.05) is 17.7 Å². The molecule has 0 aliphatic carbocycles. The van der Waals surface area contributed by atoms with E-state index in [9.17, 15) is 10.1 Å². The molecule has 0 saturated carbocycles. The molecule has 1 atom stereocenters. The van der Waals surface area contributed by atoms with E-state index >= 15 is 0 Å². The van der Waals surface area contributed by atoms with Crippen LogP contribution in [0.15, 0.2) is 29.4 Å². The molecule has 0 fully saturated rings. The molecule has 0 aromatic rings. The summed E-state index contributed by atoms with van der Waals surface area (Å²) in [4.78, 5) is 14.1. The highest BCUT2D eigenvalue weighted by atomic mass is 35.5. The second-order valence-corrected chi connectivity index (χ2v) is 3.20. The van der Waals surface area contributed by atoms with Crippen molar-refractivity contribution in [3.63, 3.8) is 0 Å². The van der Waals surface area contributed by atoms with Crippen LogP contribution in [0.25, 0.3) is 0 Å². The molecule has 0 radical (unpaired) electrons. The number of halogens is 1. The van der Waals surface area contributed by atoms with Crippen molar-refractivity contribution in [3.8, 4) is 0 Å². The first-order chi connectivity index (χ1) is 6.65. The minimum atomic E-state index is -0.475. The lowest BCUT2D eigenvalue weighted by Crippen LogP contribution is -2.37. The predicted octanol–water partition coefficient (Wildman–Crippen LogP) is 1.29. The fourth-order valence-corrected chi connectivity index (χ4v) is 1.23. The molecule has 0 spiro atoms.